The highest BCUT2D eigenvalue weighted by Crippen LogP contribution is 2.40. The minimum Gasteiger partial charge on any atom is -0.507 e. The van der Waals surface area contributed by atoms with Crippen molar-refractivity contribution in [3.05, 3.63) is 59.4 Å². The van der Waals surface area contributed by atoms with Crippen molar-refractivity contribution in [3.63, 3.8) is 0 Å². The summed E-state index contributed by atoms with van der Waals surface area (Å²) in [6, 6.07) is 9.34. The van der Waals surface area contributed by atoms with Gasteiger partial charge in [0.25, 0.3) is 11.7 Å². The van der Waals surface area contributed by atoms with Crippen molar-refractivity contribution in [1.29, 1.82) is 0 Å². The van der Waals surface area contributed by atoms with Crippen LogP contribution < -0.4 is 9.47 Å². The zero-order valence-electron chi connectivity index (χ0n) is 15.8. The molecule has 1 aromatic heterocycles. The molecule has 8 heteroatoms. The number of ether oxygens (including phenoxy) is 3. The summed E-state index contributed by atoms with van der Waals surface area (Å²) in [6.45, 7) is 0.842. The van der Waals surface area contributed by atoms with Gasteiger partial charge in [-0.1, -0.05) is 6.07 Å². The zero-order chi connectivity index (χ0) is 20.4. The van der Waals surface area contributed by atoms with Crippen molar-refractivity contribution in [1.82, 2.24) is 9.88 Å². The van der Waals surface area contributed by atoms with Crippen LogP contribution in [0.5, 0.6) is 11.5 Å². The molecule has 0 bridgehead atoms. The number of fused-ring (bicyclic) bond motifs is 1. The Balaban J connectivity index is 1.79. The van der Waals surface area contributed by atoms with Crippen LogP contribution in [0.4, 0.5) is 0 Å². The number of hydrogen-bond donors (Lipinski definition) is 1. The molecular weight excluding hydrogens is 376 g/mol. The van der Waals surface area contributed by atoms with Gasteiger partial charge < -0.3 is 24.2 Å². The lowest BCUT2D eigenvalue weighted by atomic mass is 9.98. The maximum Gasteiger partial charge on any atom is 0.295 e. The van der Waals surface area contributed by atoms with Crippen LogP contribution in [0.15, 0.2) is 48.2 Å². The largest absolute Gasteiger partial charge is 0.507 e. The Morgan fingerprint density at radius 2 is 2.07 bits per heavy atom. The molecule has 1 amide bonds. The van der Waals surface area contributed by atoms with Crippen LogP contribution >= 0.6 is 0 Å². The van der Waals surface area contributed by atoms with Crippen molar-refractivity contribution in [2.24, 2.45) is 0 Å². The third-order valence-corrected chi connectivity index (χ3v) is 4.90. The van der Waals surface area contributed by atoms with Gasteiger partial charge in [-0.05, 0) is 36.8 Å². The predicted molar refractivity (Wildman–Crippen MR) is 102 cm³/mol. The second-order valence-corrected chi connectivity index (χ2v) is 6.66. The van der Waals surface area contributed by atoms with Crippen LogP contribution in [0.1, 0.15) is 23.7 Å². The number of ketones is 1. The lowest BCUT2D eigenvalue weighted by molar-refractivity contribution is -0.140. The molecule has 2 aromatic rings. The van der Waals surface area contributed by atoms with Gasteiger partial charge in [-0.15, -0.1) is 0 Å². The number of methoxy groups -OCH3 is 1. The highest BCUT2D eigenvalue weighted by atomic mass is 16.7. The number of aliphatic hydroxyl groups is 1. The molecule has 1 unspecified atom stereocenters. The second-order valence-electron chi connectivity index (χ2n) is 6.66. The third-order valence-electron chi connectivity index (χ3n) is 4.90. The number of rotatable bonds is 6. The summed E-state index contributed by atoms with van der Waals surface area (Å²) in [5, 5.41) is 11.0. The Hall–Kier alpha value is -3.39. The number of carbonyl (C=O) groups excluding carboxylic acids is 2. The molecule has 4 rings (SSSR count). The van der Waals surface area contributed by atoms with Gasteiger partial charge in [0, 0.05) is 32.0 Å². The molecule has 1 atom stereocenters. The van der Waals surface area contributed by atoms with E-state index in [1.165, 1.54) is 4.90 Å². The van der Waals surface area contributed by atoms with E-state index in [2.05, 4.69) is 4.98 Å². The summed E-state index contributed by atoms with van der Waals surface area (Å²) in [7, 11) is 1.57. The summed E-state index contributed by atoms with van der Waals surface area (Å²) in [5.74, 6) is -0.653. The fraction of sp³-hybridized carbons (Fsp3) is 0.286. The summed E-state index contributed by atoms with van der Waals surface area (Å²) < 4.78 is 15.7. The van der Waals surface area contributed by atoms with E-state index in [9.17, 15) is 14.7 Å². The smallest absolute Gasteiger partial charge is 0.295 e. The van der Waals surface area contributed by atoms with Crippen LogP contribution in [0.3, 0.4) is 0 Å². The molecule has 0 radical (unpaired) electrons. The molecule has 3 heterocycles. The van der Waals surface area contributed by atoms with Gasteiger partial charge >= 0.3 is 0 Å². The molecule has 1 aromatic carbocycles. The molecule has 0 saturated carbocycles. The molecule has 1 saturated heterocycles. The van der Waals surface area contributed by atoms with Crippen LogP contribution in [-0.2, 0) is 14.3 Å². The first-order valence-corrected chi connectivity index (χ1v) is 9.20. The molecule has 2 aliphatic heterocycles. The highest BCUT2D eigenvalue weighted by Gasteiger charge is 2.46. The molecule has 0 aliphatic carbocycles. The van der Waals surface area contributed by atoms with Gasteiger partial charge in [0.05, 0.1) is 11.3 Å². The number of Topliss-reactive ketones (excluding diaryl/α,β-unsaturated/α-hetero) is 1. The van der Waals surface area contributed by atoms with Crippen LogP contribution in [0.2, 0.25) is 0 Å². The molecule has 150 valence electrons. The van der Waals surface area contributed by atoms with Gasteiger partial charge in [0.2, 0.25) is 6.79 Å². The van der Waals surface area contributed by atoms with Crippen LogP contribution in [0.25, 0.3) is 5.76 Å². The number of likely N-dealkylation sites (tertiary alicyclic amines) is 1. The summed E-state index contributed by atoms with van der Waals surface area (Å²) in [6.07, 6.45) is 2.14. The van der Waals surface area contributed by atoms with E-state index in [0.29, 0.717) is 42.3 Å². The van der Waals surface area contributed by atoms with Crippen molar-refractivity contribution >= 4 is 17.4 Å². The summed E-state index contributed by atoms with van der Waals surface area (Å²) in [4.78, 5) is 31.3. The van der Waals surface area contributed by atoms with Crippen molar-refractivity contribution in [2.75, 3.05) is 27.1 Å². The number of nitrogens with zero attached hydrogens (tertiary/aromatic N) is 2. The van der Waals surface area contributed by atoms with E-state index in [1.54, 1.807) is 49.7 Å². The van der Waals surface area contributed by atoms with Crippen molar-refractivity contribution in [3.8, 4) is 11.5 Å². The van der Waals surface area contributed by atoms with E-state index in [1.807, 2.05) is 0 Å². The molecule has 1 N–H and O–H groups in total. The van der Waals surface area contributed by atoms with E-state index < -0.39 is 17.7 Å². The lowest BCUT2D eigenvalue weighted by Crippen LogP contribution is -2.31. The first-order valence-electron chi connectivity index (χ1n) is 9.20. The van der Waals surface area contributed by atoms with E-state index >= 15 is 0 Å². The molecule has 8 nitrogen and oxygen atoms in total. The number of carbonyl (C=O) groups is 2. The fourth-order valence-electron chi connectivity index (χ4n) is 3.53. The standard InChI is InChI=1S/C21H20N2O6/c1-27-10-4-9-23-18(14-5-2-3-8-22-14)17(20(25)21(23)26)19(24)13-6-7-15-16(11-13)29-12-28-15/h2-3,5-8,11,18,24H,4,9-10,12H2,1H3/b19-17-. The normalized spacial score (nSPS) is 19.8. The molecular formula is C21H20N2O6. The van der Waals surface area contributed by atoms with Gasteiger partial charge in [-0.25, -0.2) is 0 Å². The van der Waals surface area contributed by atoms with Crippen molar-refractivity contribution in [2.45, 2.75) is 12.5 Å². The number of hydrogen-bond acceptors (Lipinski definition) is 7. The monoisotopic (exact) mass is 396 g/mol. The predicted octanol–water partition coefficient (Wildman–Crippen LogP) is 2.27. The number of amides is 1. The summed E-state index contributed by atoms with van der Waals surface area (Å²) in [5.41, 5.74) is 0.876. The number of aliphatic hydroxyl groups excluding tert-OH is 1. The Labute approximate surface area is 167 Å². The third kappa shape index (κ3) is 3.42. The van der Waals surface area contributed by atoms with E-state index in [0.717, 1.165) is 0 Å². The fourth-order valence-corrected chi connectivity index (χ4v) is 3.53. The molecule has 0 spiro atoms. The Morgan fingerprint density at radius 1 is 1.24 bits per heavy atom. The van der Waals surface area contributed by atoms with E-state index in [4.69, 9.17) is 14.2 Å². The average Bonchev–Trinajstić information content (AvgIpc) is 3.31. The number of aromatic nitrogens is 1. The number of benzene rings is 1. The maximum atomic E-state index is 12.9. The van der Waals surface area contributed by atoms with Gasteiger partial charge in [-0.3, -0.25) is 14.6 Å². The van der Waals surface area contributed by atoms with Crippen molar-refractivity contribution < 1.29 is 28.9 Å². The van der Waals surface area contributed by atoms with Crippen LogP contribution in [-0.4, -0.2) is 53.7 Å². The minimum absolute atomic E-state index is 0.00461. The Bertz CT molecular complexity index is 972. The van der Waals surface area contributed by atoms with E-state index in [-0.39, 0.29) is 18.1 Å². The average molecular weight is 396 g/mol. The second kappa shape index (κ2) is 7.92. The SMILES string of the molecule is COCCCN1C(=O)C(=O)/C(=C(\O)c2ccc3c(c2)OCO3)C1c1ccccn1. The van der Waals surface area contributed by atoms with Gasteiger partial charge in [0.1, 0.15) is 11.8 Å². The Morgan fingerprint density at radius 3 is 2.83 bits per heavy atom. The number of pyridine rings is 1. The Kier molecular flexibility index (Phi) is 5.18. The zero-order valence-corrected chi connectivity index (χ0v) is 15.8. The topological polar surface area (TPSA) is 98.2 Å². The quantitative estimate of drug-likeness (QED) is 0.346. The molecule has 29 heavy (non-hydrogen) atoms. The van der Waals surface area contributed by atoms with Crippen LogP contribution in [0, 0.1) is 0 Å². The molecule has 1 fully saturated rings. The first kappa shape index (κ1) is 18.9. The minimum atomic E-state index is -0.779. The van der Waals surface area contributed by atoms with Gasteiger partial charge in [-0.2, -0.15) is 0 Å². The molecule has 2 aliphatic rings. The lowest BCUT2D eigenvalue weighted by Gasteiger charge is -2.24. The summed E-state index contributed by atoms with van der Waals surface area (Å²) >= 11 is 0. The van der Waals surface area contributed by atoms with Gasteiger partial charge in [0.15, 0.2) is 11.5 Å². The first-order chi connectivity index (χ1) is 14.1. The highest BCUT2D eigenvalue weighted by molar-refractivity contribution is 6.46. The maximum absolute atomic E-state index is 12.9.